The minimum Gasteiger partial charge on any atom is -0.367 e. The summed E-state index contributed by atoms with van der Waals surface area (Å²) in [6.45, 7) is 5.14. The number of nitrogens with zero attached hydrogens (tertiary/aromatic N) is 3. The van der Waals surface area contributed by atoms with E-state index in [9.17, 15) is 20.2 Å². The fourth-order valence-electron chi connectivity index (χ4n) is 2.15. The van der Waals surface area contributed by atoms with Gasteiger partial charge in [-0.05, 0) is 17.7 Å². The van der Waals surface area contributed by atoms with Crippen molar-refractivity contribution in [3.05, 3.63) is 51.4 Å². The lowest BCUT2D eigenvalue weighted by Crippen LogP contribution is -2.39. The van der Waals surface area contributed by atoms with E-state index in [-0.39, 0.29) is 23.1 Å². The Balaban J connectivity index is 2.47. The van der Waals surface area contributed by atoms with E-state index in [4.69, 9.17) is 10.6 Å². The Hall–Kier alpha value is -3.08. The molecule has 120 valence electrons. The number of hydrogen-bond donors (Lipinski definition) is 1. The number of carbonyl (C=O) groups is 1. The van der Waals surface area contributed by atoms with Crippen LogP contribution in [0.15, 0.2) is 35.7 Å². The zero-order valence-corrected chi connectivity index (χ0v) is 12.9. The standard InChI is InChI=1S/C15H16N4O4/c1-15(2,3)14(20)18-12(11(8-16)13(17)23-18)9-4-6-10(7-5-9)19(21)22/h4-7,12H,17H2,1-3H3. The summed E-state index contributed by atoms with van der Waals surface area (Å²) >= 11 is 0. The lowest BCUT2D eigenvalue weighted by molar-refractivity contribution is -0.384. The molecule has 0 aromatic heterocycles. The highest BCUT2D eigenvalue weighted by molar-refractivity contribution is 5.82. The quantitative estimate of drug-likeness (QED) is 0.658. The number of benzene rings is 1. The average Bonchev–Trinajstić information content (AvgIpc) is 2.81. The van der Waals surface area contributed by atoms with E-state index in [2.05, 4.69) is 0 Å². The molecule has 1 amide bonds. The van der Waals surface area contributed by atoms with Crippen LogP contribution in [0.5, 0.6) is 0 Å². The van der Waals surface area contributed by atoms with Crippen molar-refractivity contribution in [2.75, 3.05) is 0 Å². The fraction of sp³-hybridized carbons (Fsp3) is 0.333. The molecule has 0 saturated heterocycles. The van der Waals surface area contributed by atoms with Gasteiger partial charge >= 0.3 is 0 Å². The lowest BCUT2D eigenvalue weighted by atomic mass is 9.93. The summed E-state index contributed by atoms with van der Waals surface area (Å²) in [5.74, 6) is -0.498. The van der Waals surface area contributed by atoms with E-state index >= 15 is 0 Å². The third-order valence-electron chi connectivity index (χ3n) is 3.35. The first-order chi connectivity index (χ1) is 10.7. The molecule has 8 nitrogen and oxygen atoms in total. The summed E-state index contributed by atoms with van der Waals surface area (Å²) < 4.78 is 0. The number of amides is 1. The molecule has 1 unspecified atom stereocenters. The van der Waals surface area contributed by atoms with Crippen molar-refractivity contribution in [2.24, 2.45) is 11.1 Å². The molecular weight excluding hydrogens is 300 g/mol. The molecule has 1 aromatic carbocycles. The van der Waals surface area contributed by atoms with Gasteiger partial charge < -0.3 is 10.6 Å². The molecule has 1 aliphatic rings. The highest BCUT2D eigenvalue weighted by Crippen LogP contribution is 2.39. The van der Waals surface area contributed by atoms with Crippen molar-refractivity contribution in [1.82, 2.24) is 5.06 Å². The molecule has 0 fully saturated rings. The molecule has 0 aliphatic carbocycles. The maximum absolute atomic E-state index is 12.5. The first kappa shape index (κ1) is 16.3. The number of carbonyl (C=O) groups excluding carboxylic acids is 1. The lowest BCUT2D eigenvalue weighted by Gasteiger charge is -2.29. The molecule has 2 N–H and O–H groups in total. The highest BCUT2D eigenvalue weighted by atomic mass is 16.7. The number of hydrogen-bond acceptors (Lipinski definition) is 6. The van der Waals surface area contributed by atoms with Crippen molar-refractivity contribution < 1.29 is 14.6 Å². The van der Waals surface area contributed by atoms with Crippen molar-refractivity contribution in [1.29, 1.82) is 5.26 Å². The minimum absolute atomic E-state index is 0.0863. The van der Waals surface area contributed by atoms with Crippen molar-refractivity contribution >= 4 is 11.6 Å². The van der Waals surface area contributed by atoms with Gasteiger partial charge in [0.05, 0.1) is 4.92 Å². The number of nitrogens with two attached hydrogens (primary N) is 1. The highest BCUT2D eigenvalue weighted by Gasteiger charge is 2.43. The van der Waals surface area contributed by atoms with Crippen LogP contribution in [0.3, 0.4) is 0 Å². The Morgan fingerprint density at radius 2 is 1.96 bits per heavy atom. The second kappa shape index (κ2) is 5.61. The summed E-state index contributed by atoms with van der Waals surface area (Å²) in [7, 11) is 0. The molecule has 0 spiro atoms. The Bertz CT molecular complexity index is 725. The topological polar surface area (TPSA) is 122 Å². The zero-order chi connectivity index (χ0) is 17.4. The van der Waals surface area contributed by atoms with Gasteiger partial charge in [-0.25, -0.2) is 0 Å². The smallest absolute Gasteiger partial charge is 0.269 e. The van der Waals surface area contributed by atoms with Gasteiger partial charge in [-0.15, -0.1) is 0 Å². The minimum atomic E-state index is -0.826. The van der Waals surface area contributed by atoms with Crippen molar-refractivity contribution in [3.63, 3.8) is 0 Å². The predicted molar refractivity (Wildman–Crippen MR) is 80.0 cm³/mol. The molecule has 1 aliphatic heterocycles. The van der Waals surface area contributed by atoms with Gasteiger partial charge in [0.25, 0.3) is 11.6 Å². The van der Waals surface area contributed by atoms with Crippen LogP contribution in [0.1, 0.15) is 32.4 Å². The second-order valence-electron chi connectivity index (χ2n) is 6.11. The third-order valence-corrected chi connectivity index (χ3v) is 3.35. The van der Waals surface area contributed by atoms with Gasteiger partial charge in [0.2, 0.25) is 5.88 Å². The summed E-state index contributed by atoms with van der Waals surface area (Å²) in [4.78, 5) is 28.0. The molecule has 1 heterocycles. The van der Waals surface area contributed by atoms with Gasteiger partial charge in [0.15, 0.2) is 0 Å². The third kappa shape index (κ3) is 2.94. The van der Waals surface area contributed by atoms with E-state index < -0.39 is 16.4 Å². The van der Waals surface area contributed by atoms with Gasteiger partial charge in [0, 0.05) is 17.5 Å². The molecule has 0 saturated carbocycles. The second-order valence-corrected chi connectivity index (χ2v) is 6.11. The van der Waals surface area contributed by atoms with Gasteiger partial charge in [-0.3, -0.25) is 14.9 Å². The Morgan fingerprint density at radius 1 is 1.39 bits per heavy atom. The van der Waals surface area contributed by atoms with E-state index in [0.717, 1.165) is 5.06 Å². The summed E-state index contributed by atoms with van der Waals surface area (Å²) in [5.41, 5.74) is 5.47. The first-order valence-electron chi connectivity index (χ1n) is 6.82. The number of nitro groups is 1. The monoisotopic (exact) mass is 316 g/mol. The molecule has 1 atom stereocenters. The summed E-state index contributed by atoms with van der Waals surface area (Å²) in [6.07, 6.45) is 0. The van der Waals surface area contributed by atoms with Crippen molar-refractivity contribution in [2.45, 2.75) is 26.8 Å². The molecule has 23 heavy (non-hydrogen) atoms. The molecular formula is C15H16N4O4. The van der Waals surface area contributed by atoms with Crippen LogP contribution >= 0.6 is 0 Å². The summed E-state index contributed by atoms with van der Waals surface area (Å²) in [6, 6.07) is 6.67. The number of hydroxylamine groups is 2. The average molecular weight is 316 g/mol. The van der Waals surface area contributed by atoms with Crippen LogP contribution in [0.25, 0.3) is 0 Å². The normalized spacial score (nSPS) is 17.7. The van der Waals surface area contributed by atoms with Gasteiger partial charge in [0.1, 0.15) is 17.7 Å². The van der Waals surface area contributed by atoms with E-state index in [1.54, 1.807) is 20.8 Å². The van der Waals surface area contributed by atoms with E-state index in [1.807, 2.05) is 6.07 Å². The molecule has 0 radical (unpaired) electrons. The Morgan fingerprint density at radius 3 is 2.39 bits per heavy atom. The van der Waals surface area contributed by atoms with Crippen LogP contribution in [0, 0.1) is 26.9 Å². The maximum atomic E-state index is 12.5. The van der Waals surface area contributed by atoms with Crippen molar-refractivity contribution in [3.8, 4) is 6.07 Å². The van der Waals surface area contributed by atoms with E-state index in [0.29, 0.717) is 5.56 Å². The van der Waals surface area contributed by atoms with Crippen LogP contribution in [-0.2, 0) is 9.63 Å². The maximum Gasteiger partial charge on any atom is 0.269 e. The summed E-state index contributed by atoms with van der Waals surface area (Å²) in [5, 5.41) is 21.1. The van der Waals surface area contributed by atoms with Crippen LogP contribution in [0.4, 0.5) is 5.69 Å². The van der Waals surface area contributed by atoms with Crippen LogP contribution in [0.2, 0.25) is 0 Å². The fourth-order valence-corrected chi connectivity index (χ4v) is 2.15. The largest absolute Gasteiger partial charge is 0.367 e. The number of non-ortho nitro benzene ring substituents is 1. The first-order valence-corrected chi connectivity index (χ1v) is 6.82. The van der Waals surface area contributed by atoms with Crippen LogP contribution in [-0.4, -0.2) is 15.9 Å². The molecule has 0 bridgehead atoms. The molecule has 1 aromatic rings. The number of rotatable bonds is 2. The molecule has 2 rings (SSSR count). The van der Waals surface area contributed by atoms with Gasteiger partial charge in [-0.2, -0.15) is 10.3 Å². The Kier molecular flexibility index (Phi) is 3.97. The zero-order valence-electron chi connectivity index (χ0n) is 12.9. The molecule has 8 heteroatoms. The predicted octanol–water partition coefficient (Wildman–Crippen LogP) is 2.15. The SMILES string of the molecule is CC(C)(C)C(=O)N1OC(N)=C(C#N)C1c1ccc([N+](=O)[O-])cc1. The Labute approximate surface area is 132 Å². The number of nitriles is 1. The van der Waals surface area contributed by atoms with Gasteiger partial charge in [-0.1, -0.05) is 20.8 Å². The van der Waals surface area contributed by atoms with E-state index in [1.165, 1.54) is 24.3 Å². The van der Waals surface area contributed by atoms with Crippen LogP contribution < -0.4 is 5.73 Å². The number of nitro benzene ring substituents is 1.